The van der Waals surface area contributed by atoms with Crippen LogP contribution in [0.5, 0.6) is 0 Å². The molecule has 0 saturated carbocycles. The van der Waals surface area contributed by atoms with Gasteiger partial charge in [-0.1, -0.05) is 67.4 Å². The fourth-order valence-corrected chi connectivity index (χ4v) is 5.82. The Bertz CT molecular complexity index is 1300. The molecule has 1 aromatic heterocycles. The van der Waals surface area contributed by atoms with Crippen molar-refractivity contribution in [3.05, 3.63) is 76.2 Å². The normalized spacial score (nSPS) is 19.3. The number of hydrogen-bond donors (Lipinski definition) is 1. The van der Waals surface area contributed by atoms with Crippen molar-refractivity contribution >= 4 is 53.2 Å². The lowest BCUT2D eigenvalue weighted by Gasteiger charge is -2.37. The van der Waals surface area contributed by atoms with Gasteiger partial charge >= 0.3 is 0 Å². The van der Waals surface area contributed by atoms with Crippen LogP contribution < -0.4 is 10.2 Å². The van der Waals surface area contributed by atoms with E-state index in [1.54, 1.807) is 25.1 Å². The van der Waals surface area contributed by atoms with Gasteiger partial charge in [0.15, 0.2) is 0 Å². The second-order valence-corrected chi connectivity index (χ2v) is 11.5. The van der Waals surface area contributed by atoms with Gasteiger partial charge in [0.25, 0.3) is 0 Å². The summed E-state index contributed by atoms with van der Waals surface area (Å²) in [5.41, 5.74) is 1.71. The minimum absolute atomic E-state index is 0.0565. The molecule has 2 amide bonds. The Morgan fingerprint density at radius 1 is 1.24 bits per heavy atom. The van der Waals surface area contributed by atoms with Gasteiger partial charge < -0.3 is 15.0 Å². The molecule has 10 heteroatoms. The number of carbonyl (C=O) groups is 2. The van der Waals surface area contributed by atoms with Crippen molar-refractivity contribution < 1.29 is 14.3 Å². The van der Waals surface area contributed by atoms with E-state index in [0.717, 1.165) is 12.2 Å². The average Bonchev–Trinajstić information content (AvgIpc) is 2.99. The molecule has 0 spiro atoms. The van der Waals surface area contributed by atoms with Crippen LogP contribution in [0.25, 0.3) is 5.57 Å². The first-order valence-electron chi connectivity index (χ1n) is 14.2. The first kappa shape index (κ1) is 33.1. The highest BCUT2D eigenvalue weighted by Crippen LogP contribution is 2.39. The number of aliphatic imine (C=N–C) groups is 1. The molecule has 226 valence electrons. The van der Waals surface area contributed by atoms with Crippen molar-refractivity contribution in [2.45, 2.75) is 52.1 Å². The lowest BCUT2D eigenvalue weighted by Crippen LogP contribution is -2.46. The van der Waals surface area contributed by atoms with Crippen molar-refractivity contribution in [2.75, 3.05) is 32.1 Å². The van der Waals surface area contributed by atoms with E-state index in [1.165, 1.54) is 0 Å². The molecule has 0 saturated heterocycles. The van der Waals surface area contributed by atoms with E-state index >= 15 is 0 Å². The van der Waals surface area contributed by atoms with Crippen LogP contribution in [-0.4, -0.2) is 67.9 Å². The minimum atomic E-state index is -0.289. The van der Waals surface area contributed by atoms with Gasteiger partial charge in [-0.05, 0) is 37.8 Å². The van der Waals surface area contributed by atoms with Crippen molar-refractivity contribution in [2.24, 2.45) is 16.8 Å². The fourth-order valence-electron chi connectivity index (χ4n) is 5.33. The number of amidine groups is 1. The Kier molecular flexibility index (Phi) is 12.4. The van der Waals surface area contributed by atoms with Gasteiger partial charge in [0.2, 0.25) is 12.8 Å². The molecular formula is C32H41Cl2N5O3. The molecule has 1 heterocycles. The molecule has 0 aromatic carbocycles. The van der Waals surface area contributed by atoms with Gasteiger partial charge in [-0.3, -0.25) is 19.5 Å². The Labute approximate surface area is 259 Å². The smallest absolute Gasteiger partial charge is 0.215 e. The number of methoxy groups -OCH3 is 1. The monoisotopic (exact) mass is 613 g/mol. The van der Waals surface area contributed by atoms with Gasteiger partial charge in [0, 0.05) is 49.1 Å². The van der Waals surface area contributed by atoms with E-state index in [0.29, 0.717) is 77.3 Å². The predicted octanol–water partition coefficient (Wildman–Crippen LogP) is 6.13. The minimum Gasteiger partial charge on any atom is -0.501 e. The maximum Gasteiger partial charge on any atom is 0.215 e. The predicted molar refractivity (Wildman–Crippen MR) is 173 cm³/mol. The number of anilines is 1. The summed E-state index contributed by atoms with van der Waals surface area (Å²) in [4.78, 5) is 37.6. The number of ether oxygens (including phenoxy) is 1. The summed E-state index contributed by atoms with van der Waals surface area (Å²) in [7, 11) is 3.32. The SMILES string of the molecule is C=CCCN(/C(=N/C)c1cc(Cl)c(C2=C(Cl)CCC(OC)=C2)nc1N(C=O)C1C=CC=CC1C(C)C)C(C)CNC=O. The van der Waals surface area contributed by atoms with Crippen LogP contribution in [0.4, 0.5) is 5.82 Å². The molecule has 0 radical (unpaired) electrons. The highest BCUT2D eigenvalue weighted by Gasteiger charge is 2.33. The van der Waals surface area contributed by atoms with Crippen LogP contribution in [0.2, 0.25) is 5.02 Å². The number of halogens is 2. The maximum absolute atomic E-state index is 13.0. The molecule has 0 aliphatic heterocycles. The third-order valence-electron chi connectivity index (χ3n) is 7.59. The second-order valence-electron chi connectivity index (χ2n) is 10.6. The van der Waals surface area contributed by atoms with Crippen molar-refractivity contribution in [3.63, 3.8) is 0 Å². The number of allylic oxidation sites excluding steroid dienone is 6. The Balaban J connectivity index is 2.30. The summed E-state index contributed by atoms with van der Waals surface area (Å²) in [6.07, 6.45) is 15.2. The summed E-state index contributed by atoms with van der Waals surface area (Å²) in [6.45, 7) is 11.1. The van der Waals surface area contributed by atoms with Crippen LogP contribution in [0.15, 0.2) is 64.9 Å². The Hall–Kier alpha value is -3.36. The summed E-state index contributed by atoms with van der Waals surface area (Å²) in [5.74, 6) is 2.09. The summed E-state index contributed by atoms with van der Waals surface area (Å²) in [5, 5.41) is 3.75. The zero-order valence-electron chi connectivity index (χ0n) is 25.0. The zero-order chi connectivity index (χ0) is 30.8. The van der Waals surface area contributed by atoms with E-state index in [1.807, 2.05) is 37.3 Å². The summed E-state index contributed by atoms with van der Waals surface area (Å²) in [6, 6.07) is 1.38. The van der Waals surface area contributed by atoms with Crippen LogP contribution in [0.3, 0.4) is 0 Å². The Morgan fingerprint density at radius 3 is 2.60 bits per heavy atom. The van der Waals surface area contributed by atoms with E-state index in [4.69, 9.17) is 32.9 Å². The number of hydrogen-bond acceptors (Lipinski definition) is 5. The van der Waals surface area contributed by atoms with Crippen molar-refractivity contribution in [1.29, 1.82) is 0 Å². The average molecular weight is 615 g/mol. The number of pyridine rings is 1. The lowest BCUT2D eigenvalue weighted by molar-refractivity contribution is -0.110. The van der Waals surface area contributed by atoms with Crippen LogP contribution in [-0.2, 0) is 14.3 Å². The Morgan fingerprint density at radius 2 is 1.98 bits per heavy atom. The summed E-state index contributed by atoms with van der Waals surface area (Å²) < 4.78 is 5.52. The quantitative estimate of drug-likeness (QED) is 0.118. The third-order valence-corrected chi connectivity index (χ3v) is 8.27. The molecule has 3 atom stereocenters. The number of carbonyl (C=O) groups excluding carboxylic acids is 2. The van der Waals surface area contributed by atoms with E-state index in [9.17, 15) is 9.59 Å². The van der Waals surface area contributed by atoms with Crippen LogP contribution >= 0.6 is 23.2 Å². The molecule has 0 bridgehead atoms. The van der Waals surface area contributed by atoms with Crippen LogP contribution in [0.1, 0.15) is 51.3 Å². The van der Waals surface area contributed by atoms with Gasteiger partial charge in [-0.25, -0.2) is 4.98 Å². The lowest BCUT2D eigenvalue weighted by atomic mass is 9.84. The second kappa shape index (κ2) is 15.8. The molecule has 3 unspecified atom stereocenters. The first-order chi connectivity index (χ1) is 20.2. The standard InChI is InChI=1S/C32H41Cl2N5O3/c1-7-8-15-38(22(4)18-36-19-40)31(35-5)26-17-28(34)30(25-16-23(42-6)13-14-27(25)33)37-32(26)39(20-41)29-12-10-9-11-24(29)21(2)3/h7,9-12,16-17,19-22,24,29H,1,8,13-15,18H2,2-6H3,(H,36,40)/b35-31+. The van der Waals surface area contributed by atoms with Gasteiger partial charge in [-0.15, -0.1) is 6.58 Å². The fraction of sp³-hybridized carbons (Fsp3) is 0.438. The van der Waals surface area contributed by atoms with Gasteiger partial charge in [-0.2, -0.15) is 0 Å². The van der Waals surface area contributed by atoms with E-state index in [2.05, 4.69) is 41.7 Å². The number of aromatic nitrogens is 1. The summed E-state index contributed by atoms with van der Waals surface area (Å²) >= 11 is 13.7. The number of nitrogens with one attached hydrogen (secondary N) is 1. The van der Waals surface area contributed by atoms with Crippen LogP contribution in [0, 0.1) is 11.8 Å². The highest BCUT2D eigenvalue weighted by atomic mass is 35.5. The number of nitrogens with zero attached hydrogens (tertiary/aromatic N) is 4. The molecule has 42 heavy (non-hydrogen) atoms. The molecule has 1 aromatic rings. The molecule has 1 N–H and O–H groups in total. The molecular weight excluding hydrogens is 573 g/mol. The van der Waals surface area contributed by atoms with Crippen molar-refractivity contribution in [3.8, 4) is 0 Å². The molecule has 3 rings (SSSR count). The van der Waals surface area contributed by atoms with Gasteiger partial charge in [0.05, 0.1) is 35.2 Å². The molecule has 2 aliphatic rings. The maximum atomic E-state index is 13.0. The first-order valence-corrected chi connectivity index (χ1v) is 14.9. The largest absolute Gasteiger partial charge is 0.501 e. The van der Waals surface area contributed by atoms with Crippen molar-refractivity contribution in [1.82, 2.24) is 15.2 Å². The topological polar surface area (TPSA) is 87.1 Å². The molecule has 0 fully saturated rings. The highest BCUT2D eigenvalue weighted by molar-refractivity contribution is 6.36. The van der Waals surface area contributed by atoms with E-state index < -0.39 is 0 Å². The molecule has 2 aliphatic carbocycles. The number of rotatable bonds is 14. The van der Waals surface area contributed by atoms with E-state index in [-0.39, 0.29) is 23.9 Å². The third kappa shape index (κ3) is 7.53. The van der Waals surface area contributed by atoms with Gasteiger partial charge in [0.1, 0.15) is 11.7 Å². The zero-order valence-corrected chi connectivity index (χ0v) is 26.5. The number of amides is 2. The molecule has 8 nitrogen and oxygen atoms in total.